The van der Waals surface area contributed by atoms with Crippen molar-refractivity contribution in [3.8, 4) is 0 Å². The molecule has 1 fully saturated rings. The van der Waals surface area contributed by atoms with E-state index in [-0.39, 0.29) is 18.1 Å². The van der Waals surface area contributed by atoms with Gasteiger partial charge in [-0.1, -0.05) is 0 Å². The molecule has 23 heavy (non-hydrogen) atoms. The van der Waals surface area contributed by atoms with Gasteiger partial charge in [-0.15, -0.1) is 11.3 Å². The number of thiazole rings is 1. The summed E-state index contributed by atoms with van der Waals surface area (Å²) in [5.41, 5.74) is 1.37. The number of esters is 1. The maximum Gasteiger partial charge on any atom is 0.357 e. The predicted molar refractivity (Wildman–Crippen MR) is 87.2 cm³/mol. The van der Waals surface area contributed by atoms with Crippen LogP contribution in [0.2, 0.25) is 0 Å². The highest BCUT2D eigenvalue weighted by molar-refractivity contribution is 7.09. The molecule has 2 aromatic rings. The molecular formula is C16H20N4O2S. The van der Waals surface area contributed by atoms with E-state index in [2.05, 4.69) is 26.8 Å². The zero-order valence-electron chi connectivity index (χ0n) is 13.3. The van der Waals surface area contributed by atoms with Crippen molar-refractivity contribution in [3.63, 3.8) is 0 Å². The minimum Gasteiger partial charge on any atom is -0.461 e. The van der Waals surface area contributed by atoms with E-state index in [0.29, 0.717) is 12.3 Å². The lowest BCUT2D eigenvalue weighted by atomic mass is 10.1. The highest BCUT2D eigenvalue weighted by atomic mass is 32.1. The van der Waals surface area contributed by atoms with Crippen molar-refractivity contribution in [1.29, 1.82) is 0 Å². The van der Waals surface area contributed by atoms with Crippen molar-refractivity contribution in [1.82, 2.24) is 19.9 Å². The van der Waals surface area contributed by atoms with Crippen molar-refractivity contribution in [2.75, 3.05) is 13.2 Å². The summed E-state index contributed by atoms with van der Waals surface area (Å²) in [4.78, 5) is 27.3. The van der Waals surface area contributed by atoms with Crippen LogP contribution in [0.5, 0.6) is 0 Å². The van der Waals surface area contributed by atoms with E-state index in [1.165, 1.54) is 11.3 Å². The molecule has 0 saturated carbocycles. The second-order valence-corrected chi connectivity index (χ2v) is 6.38. The minimum atomic E-state index is -0.346. The number of rotatable bonds is 5. The average Bonchev–Trinajstić information content (AvgIpc) is 3.24. The van der Waals surface area contributed by atoms with Crippen molar-refractivity contribution in [2.24, 2.45) is 0 Å². The molecule has 0 spiro atoms. The van der Waals surface area contributed by atoms with Crippen LogP contribution in [0.15, 0.2) is 24.0 Å². The van der Waals surface area contributed by atoms with Crippen LogP contribution in [0.3, 0.4) is 0 Å². The topological polar surface area (TPSA) is 68.2 Å². The first kappa shape index (κ1) is 16.0. The molecule has 0 bridgehead atoms. The van der Waals surface area contributed by atoms with Gasteiger partial charge < -0.3 is 4.74 Å². The van der Waals surface area contributed by atoms with Crippen molar-refractivity contribution in [3.05, 3.63) is 40.4 Å². The number of ether oxygens (including phenoxy) is 1. The molecule has 3 rings (SSSR count). The Labute approximate surface area is 139 Å². The Balaban J connectivity index is 1.78. The van der Waals surface area contributed by atoms with Crippen LogP contribution in [0.4, 0.5) is 0 Å². The molecule has 1 aliphatic heterocycles. The van der Waals surface area contributed by atoms with Crippen LogP contribution in [0.25, 0.3) is 0 Å². The molecule has 3 heterocycles. The molecule has 2 unspecified atom stereocenters. The third kappa shape index (κ3) is 3.40. The molecule has 122 valence electrons. The summed E-state index contributed by atoms with van der Waals surface area (Å²) in [6.07, 6.45) is 7.37. The molecule has 7 heteroatoms. The first-order valence-corrected chi connectivity index (χ1v) is 8.73. The van der Waals surface area contributed by atoms with Gasteiger partial charge >= 0.3 is 5.97 Å². The van der Waals surface area contributed by atoms with E-state index in [1.54, 1.807) is 24.7 Å². The van der Waals surface area contributed by atoms with Gasteiger partial charge in [0.2, 0.25) is 0 Å². The second kappa shape index (κ2) is 7.14. The maximum absolute atomic E-state index is 11.8. The van der Waals surface area contributed by atoms with Crippen LogP contribution >= 0.6 is 11.3 Å². The van der Waals surface area contributed by atoms with Crippen molar-refractivity contribution < 1.29 is 9.53 Å². The van der Waals surface area contributed by atoms with Gasteiger partial charge in [0.15, 0.2) is 5.69 Å². The summed E-state index contributed by atoms with van der Waals surface area (Å²) in [6, 6.07) is 0.395. The predicted octanol–water partition coefficient (Wildman–Crippen LogP) is 3.01. The third-order valence-electron chi connectivity index (χ3n) is 4.09. The first-order chi connectivity index (χ1) is 11.2. The van der Waals surface area contributed by atoms with Gasteiger partial charge in [0.25, 0.3) is 0 Å². The standard InChI is InChI=1S/C16H20N4O2S/c1-3-22-16(21)13-10-23-15(19-13)14-5-4-8-20(14)11(2)12-9-17-6-7-18-12/h6-7,9-11,14H,3-5,8H2,1-2H3. The van der Waals surface area contributed by atoms with Gasteiger partial charge in [-0.3, -0.25) is 14.9 Å². The molecule has 0 aromatic carbocycles. The van der Waals surface area contributed by atoms with E-state index in [1.807, 2.05) is 6.20 Å². The Morgan fingerprint density at radius 3 is 3.13 bits per heavy atom. The van der Waals surface area contributed by atoms with Gasteiger partial charge in [-0.25, -0.2) is 9.78 Å². The summed E-state index contributed by atoms with van der Waals surface area (Å²) in [7, 11) is 0. The Hall–Kier alpha value is -1.86. The minimum absolute atomic E-state index is 0.172. The Morgan fingerprint density at radius 1 is 1.52 bits per heavy atom. The summed E-state index contributed by atoms with van der Waals surface area (Å²) in [6.45, 7) is 5.30. The van der Waals surface area contributed by atoms with E-state index < -0.39 is 0 Å². The van der Waals surface area contributed by atoms with Gasteiger partial charge in [-0.05, 0) is 33.2 Å². The van der Waals surface area contributed by atoms with Crippen LogP contribution in [0, 0.1) is 0 Å². The van der Waals surface area contributed by atoms with E-state index in [0.717, 1.165) is 30.1 Å². The fraction of sp³-hybridized carbons (Fsp3) is 0.500. The number of hydrogen-bond acceptors (Lipinski definition) is 7. The van der Waals surface area contributed by atoms with Crippen LogP contribution in [-0.4, -0.2) is 39.0 Å². The molecule has 0 N–H and O–H groups in total. The first-order valence-electron chi connectivity index (χ1n) is 7.85. The van der Waals surface area contributed by atoms with E-state index in [9.17, 15) is 4.79 Å². The quantitative estimate of drug-likeness (QED) is 0.784. The largest absolute Gasteiger partial charge is 0.461 e. The normalized spacial score (nSPS) is 19.7. The molecule has 6 nitrogen and oxygen atoms in total. The van der Waals surface area contributed by atoms with Gasteiger partial charge in [0, 0.05) is 24.0 Å². The number of carbonyl (C=O) groups is 1. The Bertz CT molecular complexity index is 661. The van der Waals surface area contributed by atoms with Crippen molar-refractivity contribution >= 4 is 17.3 Å². The lowest BCUT2D eigenvalue weighted by Gasteiger charge is -2.28. The lowest BCUT2D eigenvalue weighted by molar-refractivity contribution is 0.0520. The molecule has 0 radical (unpaired) electrons. The zero-order valence-corrected chi connectivity index (χ0v) is 14.1. The lowest BCUT2D eigenvalue weighted by Crippen LogP contribution is -2.27. The molecule has 0 aliphatic carbocycles. The van der Waals surface area contributed by atoms with Gasteiger partial charge in [0.1, 0.15) is 5.01 Å². The number of aromatic nitrogens is 3. The second-order valence-electron chi connectivity index (χ2n) is 5.49. The molecule has 2 atom stereocenters. The molecule has 0 amide bonds. The highest BCUT2D eigenvalue weighted by Gasteiger charge is 2.33. The average molecular weight is 332 g/mol. The summed E-state index contributed by atoms with van der Waals surface area (Å²) < 4.78 is 5.02. The summed E-state index contributed by atoms with van der Waals surface area (Å²) >= 11 is 1.53. The number of carbonyl (C=O) groups excluding carboxylic acids is 1. The van der Waals surface area contributed by atoms with Crippen LogP contribution in [0.1, 0.15) is 60.0 Å². The maximum atomic E-state index is 11.8. The van der Waals surface area contributed by atoms with Crippen LogP contribution in [-0.2, 0) is 4.74 Å². The molecule has 2 aromatic heterocycles. The Morgan fingerprint density at radius 2 is 2.39 bits per heavy atom. The molecule has 1 saturated heterocycles. The van der Waals surface area contributed by atoms with Crippen LogP contribution < -0.4 is 0 Å². The molecule has 1 aliphatic rings. The monoisotopic (exact) mass is 332 g/mol. The van der Waals surface area contributed by atoms with Gasteiger partial charge in [0.05, 0.1) is 24.4 Å². The smallest absolute Gasteiger partial charge is 0.357 e. The van der Waals surface area contributed by atoms with Crippen molar-refractivity contribution in [2.45, 2.75) is 38.8 Å². The summed E-state index contributed by atoms with van der Waals surface area (Å²) in [5.74, 6) is -0.346. The van der Waals surface area contributed by atoms with E-state index >= 15 is 0 Å². The van der Waals surface area contributed by atoms with Gasteiger partial charge in [-0.2, -0.15) is 0 Å². The zero-order chi connectivity index (χ0) is 16.2. The number of hydrogen-bond donors (Lipinski definition) is 0. The number of likely N-dealkylation sites (tertiary alicyclic amines) is 1. The summed E-state index contributed by atoms with van der Waals surface area (Å²) in [5, 5.41) is 2.76. The fourth-order valence-corrected chi connectivity index (χ4v) is 3.90. The highest BCUT2D eigenvalue weighted by Crippen LogP contribution is 2.39. The number of nitrogens with zero attached hydrogens (tertiary/aromatic N) is 4. The fourth-order valence-electron chi connectivity index (χ4n) is 2.95. The molecular weight excluding hydrogens is 312 g/mol. The Kier molecular flexibility index (Phi) is 4.97. The van der Waals surface area contributed by atoms with E-state index in [4.69, 9.17) is 4.74 Å². The third-order valence-corrected chi connectivity index (χ3v) is 5.04. The SMILES string of the molecule is CCOC(=O)c1csc(C2CCCN2C(C)c2cnccn2)n1.